The van der Waals surface area contributed by atoms with Gasteiger partial charge in [-0.15, -0.1) is 0 Å². The molecule has 4 aliphatic rings. The van der Waals surface area contributed by atoms with E-state index in [0.717, 1.165) is 18.8 Å². The van der Waals surface area contributed by atoms with Crippen molar-refractivity contribution in [2.24, 2.45) is 17.8 Å². The van der Waals surface area contributed by atoms with Gasteiger partial charge in [0.2, 0.25) is 0 Å². The molecule has 1 spiro atoms. The normalized spacial score (nSPS) is 25.0. The second-order valence-corrected chi connectivity index (χ2v) is 16.5. The zero-order chi connectivity index (χ0) is 35.4. The van der Waals surface area contributed by atoms with E-state index in [9.17, 15) is 0 Å². The lowest BCUT2D eigenvalue weighted by molar-refractivity contribution is 0.133. The van der Waals surface area contributed by atoms with Crippen LogP contribution in [0, 0.1) is 17.8 Å². The maximum Gasteiger partial charge on any atom is 0.0543 e. The molecule has 6 unspecified atom stereocenters. The molecule has 0 N–H and O–H groups in total. The van der Waals surface area contributed by atoms with Crippen LogP contribution >= 0.6 is 0 Å². The molecule has 0 aliphatic heterocycles. The van der Waals surface area contributed by atoms with Crippen molar-refractivity contribution >= 4 is 28.2 Å². The number of nitrogens with zero attached hydrogens (tertiary/aromatic N) is 1. The third-order valence-electron chi connectivity index (χ3n) is 13.6. The van der Waals surface area contributed by atoms with Crippen LogP contribution < -0.4 is 4.90 Å². The molecule has 0 radical (unpaired) electrons. The topological polar surface area (TPSA) is 3.24 Å². The maximum absolute atomic E-state index is 2.61. The van der Waals surface area contributed by atoms with Crippen molar-refractivity contribution in [3.8, 4) is 11.1 Å². The molecule has 262 valence electrons. The second-order valence-electron chi connectivity index (χ2n) is 16.5. The molecule has 0 aromatic heterocycles. The van der Waals surface area contributed by atoms with Crippen LogP contribution in [0.4, 0.5) is 11.4 Å². The predicted molar refractivity (Wildman–Crippen MR) is 222 cm³/mol. The summed E-state index contributed by atoms with van der Waals surface area (Å²) in [5.41, 5.74) is 14.1. The summed E-state index contributed by atoms with van der Waals surface area (Å²) in [6.45, 7) is 9.78. The van der Waals surface area contributed by atoms with Crippen molar-refractivity contribution in [3.63, 3.8) is 0 Å². The average molecular weight is 680 g/mol. The van der Waals surface area contributed by atoms with Gasteiger partial charge >= 0.3 is 0 Å². The van der Waals surface area contributed by atoms with Crippen molar-refractivity contribution in [3.05, 3.63) is 161 Å². The first kappa shape index (κ1) is 33.2. The quantitative estimate of drug-likeness (QED) is 0.165. The zero-order valence-corrected chi connectivity index (χ0v) is 31.5. The standard InChI is InChI=1S/C51H53N/c1-5-34(2)32-40-19-11-15-36(4)51(40)47-23-9-8-21-46(47)50-48(51)24-13-25-49(50)52(42-30-31-43-35(3)14-10-18-39(43)33-42)41-28-26-38(27-29-41)45-22-12-17-37-16-6-7-20-44(37)45/h6-10,12-13,16-18,20-26,28-31,33-36,38,40H,5,11,14-15,19,27,32H2,1-4H3. The Labute approximate surface area is 311 Å². The first-order valence-electron chi connectivity index (χ1n) is 20.2. The van der Waals surface area contributed by atoms with Crippen molar-refractivity contribution in [1.29, 1.82) is 0 Å². The summed E-state index contributed by atoms with van der Waals surface area (Å²) in [6, 6.07) is 39.7. The Morgan fingerprint density at radius 3 is 2.46 bits per heavy atom. The lowest BCUT2D eigenvalue weighted by atomic mass is 9.54. The Hall–Kier alpha value is -4.62. The van der Waals surface area contributed by atoms with Crippen molar-refractivity contribution in [2.45, 2.75) is 89.9 Å². The zero-order valence-electron chi connectivity index (χ0n) is 31.5. The molecule has 9 rings (SSSR count). The van der Waals surface area contributed by atoms with E-state index in [1.54, 1.807) is 11.1 Å². The molecule has 0 bridgehead atoms. The van der Waals surface area contributed by atoms with Gasteiger partial charge in [-0.3, -0.25) is 0 Å². The van der Waals surface area contributed by atoms with E-state index in [2.05, 4.69) is 166 Å². The Bertz CT molecular complexity index is 2230. The summed E-state index contributed by atoms with van der Waals surface area (Å²) < 4.78 is 0. The Morgan fingerprint density at radius 1 is 0.788 bits per heavy atom. The van der Waals surface area contributed by atoms with E-state index in [0.29, 0.717) is 23.7 Å². The molecule has 5 aromatic rings. The number of hydrogen-bond acceptors (Lipinski definition) is 1. The van der Waals surface area contributed by atoms with Gasteiger partial charge in [-0.2, -0.15) is 0 Å². The van der Waals surface area contributed by atoms with Gasteiger partial charge in [0.25, 0.3) is 0 Å². The molecule has 4 aliphatic carbocycles. The highest BCUT2D eigenvalue weighted by molar-refractivity contribution is 5.94. The van der Waals surface area contributed by atoms with Crippen LogP contribution in [-0.2, 0) is 5.41 Å². The molecule has 1 heteroatoms. The van der Waals surface area contributed by atoms with Crippen LogP contribution in [0.3, 0.4) is 0 Å². The minimum absolute atomic E-state index is 0.0412. The van der Waals surface area contributed by atoms with E-state index in [4.69, 9.17) is 0 Å². The summed E-state index contributed by atoms with van der Waals surface area (Å²) in [5.74, 6) is 2.84. The van der Waals surface area contributed by atoms with Crippen LogP contribution in [0.25, 0.3) is 28.0 Å². The summed E-state index contributed by atoms with van der Waals surface area (Å²) in [4.78, 5) is 2.61. The monoisotopic (exact) mass is 679 g/mol. The number of allylic oxidation sites excluding steroid dienone is 4. The smallest absolute Gasteiger partial charge is 0.0543 e. The third kappa shape index (κ3) is 5.26. The highest BCUT2D eigenvalue weighted by Crippen LogP contribution is 2.63. The molecular weight excluding hydrogens is 627 g/mol. The first-order chi connectivity index (χ1) is 25.5. The highest BCUT2D eigenvalue weighted by Gasteiger charge is 2.54. The Balaban J connectivity index is 1.22. The molecular formula is C51H53N. The third-order valence-corrected chi connectivity index (χ3v) is 13.6. The number of anilines is 2. The largest absolute Gasteiger partial charge is 0.310 e. The van der Waals surface area contributed by atoms with Gasteiger partial charge in [-0.25, -0.2) is 0 Å². The number of benzene rings is 5. The summed E-state index contributed by atoms with van der Waals surface area (Å²) in [6.07, 6.45) is 20.7. The molecule has 1 saturated carbocycles. The van der Waals surface area contributed by atoms with Crippen LogP contribution in [0.5, 0.6) is 0 Å². The van der Waals surface area contributed by atoms with Crippen LogP contribution in [0.15, 0.2) is 133 Å². The predicted octanol–water partition coefficient (Wildman–Crippen LogP) is 14.3. The average Bonchev–Trinajstić information content (AvgIpc) is 3.48. The van der Waals surface area contributed by atoms with Gasteiger partial charge in [-0.05, 0) is 124 Å². The van der Waals surface area contributed by atoms with Crippen LogP contribution in [0.2, 0.25) is 0 Å². The van der Waals surface area contributed by atoms with E-state index in [1.807, 2.05) is 0 Å². The summed E-state index contributed by atoms with van der Waals surface area (Å²) >= 11 is 0. The number of hydrogen-bond donors (Lipinski definition) is 0. The molecule has 0 saturated heterocycles. The molecule has 1 fully saturated rings. The molecule has 6 atom stereocenters. The second kappa shape index (κ2) is 13.4. The van der Waals surface area contributed by atoms with Crippen molar-refractivity contribution in [2.75, 3.05) is 4.90 Å². The molecule has 0 amide bonds. The first-order valence-corrected chi connectivity index (χ1v) is 20.2. The minimum Gasteiger partial charge on any atom is -0.310 e. The fourth-order valence-corrected chi connectivity index (χ4v) is 10.8. The van der Waals surface area contributed by atoms with Crippen molar-refractivity contribution in [1.82, 2.24) is 0 Å². The fourth-order valence-electron chi connectivity index (χ4n) is 10.8. The van der Waals surface area contributed by atoms with Crippen LogP contribution in [0.1, 0.15) is 112 Å². The van der Waals surface area contributed by atoms with E-state index < -0.39 is 0 Å². The van der Waals surface area contributed by atoms with Gasteiger partial charge < -0.3 is 4.90 Å². The van der Waals surface area contributed by atoms with E-state index in [-0.39, 0.29) is 5.41 Å². The fraction of sp³-hybridized carbons (Fsp3) is 0.333. The number of fused-ring (bicyclic) bond motifs is 7. The number of rotatable bonds is 7. The molecule has 0 heterocycles. The van der Waals surface area contributed by atoms with Crippen LogP contribution in [-0.4, -0.2) is 0 Å². The van der Waals surface area contributed by atoms with Gasteiger partial charge in [0.1, 0.15) is 0 Å². The van der Waals surface area contributed by atoms with Gasteiger partial charge in [0, 0.05) is 28.3 Å². The highest BCUT2D eigenvalue weighted by atomic mass is 15.2. The van der Waals surface area contributed by atoms with E-state index in [1.165, 1.54) is 87.8 Å². The lowest BCUT2D eigenvalue weighted by Gasteiger charge is -2.49. The summed E-state index contributed by atoms with van der Waals surface area (Å²) in [5, 5.41) is 2.68. The van der Waals surface area contributed by atoms with Gasteiger partial charge in [-0.1, -0.05) is 150 Å². The minimum atomic E-state index is 0.0412. The Kier molecular flexibility index (Phi) is 8.57. The van der Waals surface area contributed by atoms with Gasteiger partial charge in [0.05, 0.1) is 5.69 Å². The van der Waals surface area contributed by atoms with E-state index >= 15 is 0 Å². The summed E-state index contributed by atoms with van der Waals surface area (Å²) in [7, 11) is 0. The molecule has 5 aromatic carbocycles. The molecule has 52 heavy (non-hydrogen) atoms. The van der Waals surface area contributed by atoms with Crippen molar-refractivity contribution < 1.29 is 0 Å². The van der Waals surface area contributed by atoms with Gasteiger partial charge in [0.15, 0.2) is 0 Å². The SMILES string of the molecule is CCC(C)CC1CCCC(C)C12c1ccccc1-c1c(N(C3=CCC(c4cccc5ccccc45)C=C3)c3ccc4c(c3)C=CCC4C)cccc12. The maximum atomic E-state index is 2.61. The lowest BCUT2D eigenvalue weighted by Crippen LogP contribution is -2.44. The molecule has 1 nitrogen and oxygen atoms in total. The Morgan fingerprint density at radius 2 is 1.60 bits per heavy atom.